The van der Waals surface area contributed by atoms with Crippen LogP contribution in [0.5, 0.6) is 0 Å². The minimum absolute atomic E-state index is 0.253. The van der Waals surface area contributed by atoms with E-state index in [1.165, 1.54) is 0 Å². The van der Waals surface area contributed by atoms with Crippen LogP contribution >= 0.6 is 11.6 Å². The molecule has 1 aliphatic heterocycles. The number of anilines is 1. The van der Waals surface area contributed by atoms with Crippen molar-refractivity contribution >= 4 is 17.4 Å². The third kappa shape index (κ3) is 2.47. The maximum absolute atomic E-state index is 5.92. The smallest absolute Gasteiger partial charge is 0.131 e. The topological polar surface area (TPSA) is 25.4 Å². The number of hydrogen-bond acceptors (Lipinski definition) is 3. The Balaban J connectivity index is 2.22. The first-order valence-electron chi connectivity index (χ1n) is 5.71. The molecule has 0 saturated carbocycles. The summed E-state index contributed by atoms with van der Waals surface area (Å²) in [6.45, 7) is 5.91. The summed E-state index contributed by atoms with van der Waals surface area (Å²) in [6.07, 6.45) is 1.31. The van der Waals surface area contributed by atoms with Crippen molar-refractivity contribution in [3.63, 3.8) is 0 Å². The summed E-state index contributed by atoms with van der Waals surface area (Å²) in [6, 6.07) is 6.15. The predicted molar refractivity (Wildman–Crippen MR) is 66.1 cm³/mol. The van der Waals surface area contributed by atoms with Gasteiger partial charge < -0.3 is 9.64 Å². The van der Waals surface area contributed by atoms with E-state index in [1.54, 1.807) is 6.07 Å². The van der Waals surface area contributed by atoms with E-state index in [9.17, 15) is 0 Å². The van der Waals surface area contributed by atoms with Gasteiger partial charge in [0.15, 0.2) is 0 Å². The van der Waals surface area contributed by atoms with Gasteiger partial charge in [0.05, 0.1) is 18.8 Å². The van der Waals surface area contributed by atoms with Crippen LogP contribution in [-0.4, -0.2) is 30.3 Å². The van der Waals surface area contributed by atoms with Gasteiger partial charge in [0, 0.05) is 6.54 Å². The molecule has 1 fully saturated rings. The third-order valence-electron chi connectivity index (χ3n) is 2.93. The van der Waals surface area contributed by atoms with Crippen molar-refractivity contribution in [2.75, 3.05) is 18.1 Å². The van der Waals surface area contributed by atoms with Crippen molar-refractivity contribution < 1.29 is 4.74 Å². The molecule has 0 N–H and O–H groups in total. The first-order chi connectivity index (χ1) is 7.70. The largest absolute Gasteiger partial charge is 0.375 e. The van der Waals surface area contributed by atoms with Gasteiger partial charge in [0.2, 0.25) is 0 Å². The van der Waals surface area contributed by atoms with E-state index in [-0.39, 0.29) is 6.10 Å². The molecule has 3 nitrogen and oxygen atoms in total. The van der Waals surface area contributed by atoms with Gasteiger partial charge >= 0.3 is 0 Å². The van der Waals surface area contributed by atoms with Gasteiger partial charge in [-0.05, 0) is 25.5 Å². The molecule has 0 amide bonds. The fraction of sp³-hybridized carbons (Fsp3) is 0.583. The Morgan fingerprint density at radius 1 is 1.56 bits per heavy atom. The van der Waals surface area contributed by atoms with Crippen LogP contribution in [-0.2, 0) is 4.74 Å². The minimum atomic E-state index is 0.253. The lowest BCUT2D eigenvalue weighted by Gasteiger charge is -2.39. The Kier molecular flexibility index (Phi) is 3.66. The summed E-state index contributed by atoms with van der Waals surface area (Å²) in [5.74, 6) is 0.953. The molecule has 16 heavy (non-hydrogen) atoms. The highest BCUT2D eigenvalue weighted by Gasteiger charge is 2.26. The average molecular weight is 241 g/mol. The maximum Gasteiger partial charge on any atom is 0.131 e. The number of morpholine rings is 1. The van der Waals surface area contributed by atoms with Crippen molar-refractivity contribution in [3.05, 3.63) is 23.4 Å². The lowest BCUT2D eigenvalue weighted by Crippen LogP contribution is -2.49. The second-order valence-electron chi connectivity index (χ2n) is 4.18. The lowest BCUT2D eigenvalue weighted by molar-refractivity contribution is 0.0296. The molecular weight excluding hydrogens is 224 g/mol. The molecule has 0 spiro atoms. The molecule has 2 atom stereocenters. The first-order valence-corrected chi connectivity index (χ1v) is 6.09. The number of pyridine rings is 1. The highest BCUT2D eigenvalue weighted by Crippen LogP contribution is 2.22. The standard InChI is InChI=1S/C12H17ClN2O/c1-3-10-8-16-9(2)7-15(10)12-6-4-5-11(13)14-12/h4-6,9-10H,3,7-8H2,1-2H3. The molecule has 2 unspecified atom stereocenters. The fourth-order valence-electron chi connectivity index (χ4n) is 2.02. The normalized spacial score (nSPS) is 25.8. The summed E-state index contributed by atoms with van der Waals surface area (Å²) in [7, 11) is 0. The Hall–Kier alpha value is -0.800. The highest BCUT2D eigenvalue weighted by atomic mass is 35.5. The van der Waals surface area contributed by atoms with Crippen molar-refractivity contribution in [1.29, 1.82) is 0 Å². The minimum Gasteiger partial charge on any atom is -0.375 e. The zero-order chi connectivity index (χ0) is 11.5. The van der Waals surface area contributed by atoms with Gasteiger partial charge in [-0.15, -0.1) is 0 Å². The molecule has 0 bridgehead atoms. The second-order valence-corrected chi connectivity index (χ2v) is 4.56. The third-order valence-corrected chi connectivity index (χ3v) is 3.14. The monoisotopic (exact) mass is 240 g/mol. The fourth-order valence-corrected chi connectivity index (χ4v) is 2.18. The van der Waals surface area contributed by atoms with Crippen molar-refractivity contribution in [1.82, 2.24) is 4.98 Å². The van der Waals surface area contributed by atoms with Gasteiger partial charge in [-0.1, -0.05) is 24.6 Å². The molecule has 4 heteroatoms. The molecule has 1 aromatic heterocycles. The number of hydrogen-bond donors (Lipinski definition) is 0. The Bertz CT molecular complexity index is 359. The van der Waals surface area contributed by atoms with E-state index < -0.39 is 0 Å². The SMILES string of the molecule is CCC1COC(C)CN1c1cccc(Cl)n1. The average Bonchev–Trinajstić information content (AvgIpc) is 2.29. The zero-order valence-corrected chi connectivity index (χ0v) is 10.4. The Morgan fingerprint density at radius 2 is 2.38 bits per heavy atom. The van der Waals surface area contributed by atoms with Gasteiger partial charge in [-0.3, -0.25) is 0 Å². The van der Waals surface area contributed by atoms with Crippen LogP contribution < -0.4 is 4.90 Å². The van der Waals surface area contributed by atoms with Crippen LogP contribution in [0.1, 0.15) is 20.3 Å². The number of halogens is 1. The molecule has 0 aliphatic carbocycles. The number of nitrogens with zero attached hydrogens (tertiary/aromatic N) is 2. The summed E-state index contributed by atoms with van der Waals surface area (Å²) in [5, 5.41) is 0.548. The number of aromatic nitrogens is 1. The van der Waals surface area contributed by atoms with E-state index in [0.29, 0.717) is 11.2 Å². The van der Waals surface area contributed by atoms with Crippen LogP contribution in [0, 0.1) is 0 Å². The van der Waals surface area contributed by atoms with E-state index in [1.807, 2.05) is 12.1 Å². The molecular formula is C12H17ClN2O. The molecule has 1 aliphatic rings. The van der Waals surface area contributed by atoms with Gasteiger partial charge in [-0.25, -0.2) is 4.98 Å². The lowest BCUT2D eigenvalue weighted by atomic mass is 10.1. The van der Waals surface area contributed by atoms with E-state index in [4.69, 9.17) is 16.3 Å². The molecule has 1 aromatic rings. The van der Waals surface area contributed by atoms with Gasteiger partial charge in [0.1, 0.15) is 11.0 Å². The Morgan fingerprint density at radius 3 is 3.06 bits per heavy atom. The summed E-state index contributed by atoms with van der Waals surface area (Å²) in [5.41, 5.74) is 0. The van der Waals surface area contributed by atoms with E-state index >= 15 is 0 Å². The van der Waals surface area contributed by atoms with E-state index in [2.05, 4.69) is 23.7 Å². The first kappa shape index (κ1) is 11.7. The predicted octanol–water partition coefficient (Wildman–Crippen LogP) is 2.74. The molecule has 0 radical (unpaired) electrons. The summed E-state index contributed by atoms with van der Waals surface area (Å²) < 4.78 is 5.66. The van der Waals surface area contributed by atoms with E-state index in [0.717, 1.165) is 25.4 Å². The zero-order valence-electron chi connectivity index (χ0n) is 9.69. The molecule has 0 aromatic carbocycles. The molecule has 2 heterocycles. The van der Waals surface area contributed by atoms with Crippen LogP contribution in [0.15, 0.2) is 18.2 Å². The van der Waals surface area contributed by atoms with Crippen molar-refractivity contribution in [2.45, 2.75) is 32.4 Å². The van der Waals surface area contributed by atoms with Crippen molar-refractivity contribution in [2.24, 2.45) is 0 Å². The number of rotatable bonds is 2. The Labute approximate surface area is 101 Å². The second kappa shape index (κ2) is 5.02. The quantitative estimate of drug-likeness (QED) is 0.744. The molecule has 1 saturated heterocycles. The summed E-state index contributed by atoms with van der Waals surface area (Å²) in [4.78, 5) is 6.66. The van der Waals surface area contributed by atoms with Crippen LogP contribution in [0.25, 0.3) is 0 Å². The van der Waals surface area contributed by atoms with Gasteiger partial charge in [-0.2, -0.15) is 0 Å². The summed E-state index contributed by atoms with van der Waals surface area (Å²) >= 11 is 5.92. The van der Waals surface area contributed by atoms with Crippen LogP contribution in [0.4, 0.5) is 5.82 Å². The van der Waals surface area contributed by atoms with Gasteiger partial charge in [0.25, 0.3) is 0 Å². The van der Waals surface area contributed by atoms with Crippen LogP contribution in [0.2, 0.25) is 5.15 Å². The van der Waals surface area contributed by atoms with Crippen molar-refractivity contribution in [3.8, 4) is 0 Å². The maximum atomic E-state index is 5.92. The number of ether oxygens (including phenoxy) is 1. The molecule has 88 valence electrons. The van der Waals surface area contributed by atoms with Crippen LogP contribution in [0.3, 0.4) is 0 Å². The highest BCUT2D eigenvalue weighted by molar-refractivity contribution is 6.29. The molecule has 2 rings (SSSR count).